The van der Waals surface area contributed by atoms with Gasteiger partial charge in [-0.25, -0.2) is 4.39 Å². The van der Waals surface area contributed by atoms with E-state index in [9.17, 15) is 9.50 Å². The van der Waals surface area contributed by atoms with E-state index in [2.05, 4.69) is 0 Å². The predicted octanol–water partition coefficient (Wildman–Crippen LogP) is 4.15. The fourth-order valence-corrected chi connectivity index (χ4v) is 2.70. The van der Waals surface area contributed by atoms with Crippen molar-refractivity contribution in [2.45, 2.75) is 19.2 Å². The van der Waals surface area contributed by atoms with Crippen LogP contribution in [0.2, 0.25) is 0 Å². The summed E-state index contributed by atoms with van der Waals surface area (Å²) in [6.45, 7) is 1.29. The Balaban J connectivity index is 1.75. The largest absolute Gasteiger partial charge is 0.468 e. The molecule has 3 rings (SSSR count). The summed E-state index contributed by atoms with van der Waals surface area (Å²) in [5.74, 6) is 0.544. The van der Waals surface area contributed by atoms with Crippen molar-refractivity contribution in [1.82, 2.24) is 4.90 Å². The first-order chi connectivity index (χ1) is 11.7. The predicted molar refractivity (Wildman–Crippen MR) is 90.6 cm³/mol. The smallest absolute Gasteiger partial charge is 0.127 e. The van der Waals surface area contributed by atoms with Crippen molar-refractivity contribution in [3.8, 4) is 0 Å². The van der Waals surface area contributed by atoms with Crippen LogP contribution in [0.1, 0.15) is 23.0 Å². The van der Waals surface area contributed by atoms with Crippen LogP contribution in [0.25, 0.3) is 0 Å². The van der Waals surface area contributed by atoms with Gasteiger partial charge in [-0.2, -0.15) is 0 Å². The van der Waals surface area contributed by atoms with Crippen LogP contribution in [0, 0.1) is 5.82 Å². The molecule has 3 aromatic rings. The molecule has 1 atom stereocenters. The monoisotopic (exact) mass is 325 g/mol. The molecule has 4 heteroatoms. The van der Waals surface area contributed by atoms with Crippen LogP contribution in [-0.2, 0) is 13.1 Å². The SMILES string of the molecule is OC(CN(Cc1ccco1)Cc1ccccc1F)c1ccccc1. The van der Waals surface area contributed by atoms with Crippen molar-refractivity contribution in [3.05, 3.63) is 95.7 Å². The first kappa shape index (κ1) is 16.4. The zero-order valence-electron chi connectivity index (χ0n) is 13.3. The molecule has 0 amide bonds. The number of furan rings is 1. The first-order valence-corrected chi connectivity index (χ1v) is 7.93. The highest BCUT2D eigenvalue weighted by Crippen LogP contribution is 2.19. The number of halogens is 1. The van der Waals surface area contributed by atoms with E-state index in [0.29, 0.717) is 25.2 Å². The van der Waals surface area contributed by atoms with E-state index in [0.717, 1.165) is 11.3 Å². The number of hydrogen-bond acceptors (Lipinski definition) is 3. The van der Waals surface area contributed by atoms with Crippen LogP contribution in [0.5, 0.6) is 0 Å². The average molecular weight is 325 g/mol. The van der Waals surface area contributed by atoms with Crippen molar-refractivity contribution in [2.75, 3.05) is 6.54 Å². The molecule has 24 heavy (non-hydrogen) atoms. The molecule has 0 aliphatic carbocycles. The molecule has 1 unspecified atom stereocenters. The van der Waals surface area contributed by atoms with Crippen molar-refractivity contribution in [3.63, 3.8) is 0 Å². The summed E-state index contributed by atoms with van der Waals surface area (Å²) in [5, 5.41) is 10.5. The highest BCUT2D eigenvalue weighted by molar-refractivity contribution is 5.19. The highest BCUT2D eigenvalue weighted by Gasteiger charge is 2.16. The fourth-order valence-electron chi connectivity index (χ4n) is 2.70. The van der Waals surface area contributed by atoms with Gasteiger partial charge in [-0.15, -0.1) is 0 Å². The molecule has 0 bridgehead atoms. The highest BCUT2D eigenvalue weighted by atomic mass is 19.1. The van der Waals surface area contributed by atoms with E-state index in [1.807, 2.05) is 53.4 Å². The summed E-state index contributed by atoms with van der Waals surface area (Å²) in [6.07, 6.45) is 0.970. The summed E-state index contributed by atoms with van der Waals surface area (Å²) < 4.78 is 19.4. The second kappa shape index (κ2) is 7.90. The van der Waals surface area contributed by atoms with Gasteiger partial charge in [-0.05, 0) is 23.8 Å². The number of hydrogen-bond donors (Lipinski definition) is 1. The molecule has 0 aliphatic rings. The molecule has 124 valence electrons. The molecule has 0 spiro atoms. The Morgan fingerprint density at radius 2 is 1.67 bits per heavy atom. The molecule has 0 aliphatic heterocycles. The Morgan fingerprint density at radius 1 is 0.917 bits per heavy atom. The number of benzene rings is 2. The molecule has 1 heterocycles. The van der Waals surface area contributed by atoms with Crippen molar-refractivity contribution >= 4 is 0 Å². The Hall–Kier alpha value is -2.43. The fraction of sp³-hybridized carbons (Fsp3) is 0.200. The first-order valence-electron chi connectivity index (χ1n) is 7.93. The van der Waals surface area contributed by atoms with Crippen molar-refractivity contribution in [1.29, 1.82) is 0 Å². The molecule has 1 aromatic heterocycles. The lowest BCUT2D eigenvalue weighted by atomic mass is 10.1. The molecule has 3 nitrogen and oxygen atoms in total. The molecule has 0 radical (unpaired) electrons. The summed E-state index contributed by atoms with van der Waals surface area (Å²) in [5.41, 5.74) is 1.44. The van der Waals surface area contributed by atoms with Gasteiger partial charge in [-0.1, -0.05) is 48.5 Å². The number of aliphatic hydroxyl groups is 1. The quantitative estimate of drug-likeness (QED) is 0.709. The minimum absolute atomic E-state index is 0.240. The standard InChI is InChI=1S/C20H20FNO2/c21-19-11-5-4-9-17(19)13-22(14-18-10-6-12-24-18)15-20(23)16-7-2-1-3-8-16/h1-12,20,23H,13-15H2. The van der Waals surface area contributed by atoms with E-state index in [4.69, 9.17) is 4.42 Å². The van der Waals surface area contributed by atoms with Crippen LogP contribution >= 0.6 is 0 Å². The molecular weight excluding hydrogens is 305 g/mol. The Bertz CT molecular complexity index is 743. The third-order valence-corrected chi connectivity index (χ3v) is 3.93. The maximum Gasteiger partial charge on any atom is 0.127 e. The minimum Gasteiger partial charge on any atom is -0.468 e. The Morgan fingerprint density at radius 3 is 2.38 bits per heavy atom. The maximum absolute atomic E-state index is 14.0. The van der Waals surface area contributed by atoms with Crippen molar-refractivity contribution in [2.24, 2.45) is 0 Å². The van der Waals surface area contributed by atoms with Gasteiger partial charge < -0.3 is 9.52 Å². The van der Waals surface area contributed by atoms with Gasteiger partial charge in [0.15, 0.2) is 0 Å². The van der Waals surface area contributed by atoms with Crippen LogP contribution in [-0.4, -0.2) is 16.6 Å². The van der Waals surface area contributed by atoms with Gasteiger partial charge in [0, 0.05) is 18.7 Å². The molecule has 0 fully saturated rings. The Kier molecular flexibility index (Phi) is 5.41. The van der Waals surface area contributed by atoms with Gasteiger partial charge in [0.05, 0.1) is 18.9 Å². The van der Waals surface area contributed by atoms with Gasteiger partial charge in [-0.3, -0.25) is 4.90 Å². The third-order valence-electron chi connectivity index (χ3n) is 3.93. The number of nitrogens with zero attached hydrogens (tertiary/aromatic N) is 1. The second-order valence-electron chi connectivity index (χ2n) is 5.77. The average Bonchev–Trinajstić information content (AvgIpc) is 3.10. The van der Waals surface area contributed by atoms with Gasteiger partial charge in [0.2, 0.25) is 0 Å². The second-order valence-corrected chi connectivity index (χ2v) is 5.77. The van der Waals surface area contributed by atoms with Gasteiger partial charge in [0.1, 0.15) is 11.6 Å². The van der Waals surface area contributed by atoms with Crippen LogP contribution in [0.15, 0.2) is 77.4 Å². The summed E-state index contributed by atoms with van der Waals surface area (Å²) in [4.78, 5) is 1.98. The molecule has 2 aromatic carbocycles. The van der Waals surface area contributed by atoms with Crippen LogP contribution in [0.3, 0.4) is 0 Å². The minimum atomic E-state index is -0.645. The molecule has 0 saturated carbocycles. The molecule has 1 N–H and O–H groups in total. The summed E-state index contributed by atoms with van der Waals surface area (Å²) in [6, 6.07) is 19.9. The van der Waals surface area contributed by atoms with E-state index in [1.54, 1.807) is 18.4 Å². The summed E-state index contributed by atoms with van der Waals surface area (Å²) in [7, 11) is 0. The molecule has 0 saturated heterocycles. The molecular formula is C20H20FNO2. The normalized spacial score (nSPS) is 12.5. The zero-order chi connectivity index (χ0) is 16.8. The Labute approximate surface area is 141 Å². The van der Waals surface area contributed by atoms with E-state index >= 15 is 0 Å². The third kappa shape index (κ3) is 4.31. The number of rotatable bonds is 7. The van der Waals surface area contributed by atoms with Gasteiger partial charge in [0.25, 0.3) is 0 Å². The van der Waals surface area contributed by atoms with E-state index in [-0.39, 0.29) is 5.82 Å². The lowest BCUT2D eigenvalue weighted by Gasteiger charge is -2.24. The van der Waals surface area contributed by atoms with Gasteiger partial charge >= 0.3 is 0 Å². The number of aliphatic hydroxyl groups excluding tert-OH is 1. The maximum atomic E-state index is 14.0. The van der Waals surface area contributed by atoms with E-state index < -0.39 is 6.10 Å². The summed E-state index contributed by atoms with van der Waals surface area (Å²) >= 11 is 0. The lowest BCUT2D eigenvalue weighted by molar-refractivity contribution is 0.0997. The topological polar surface area (TPSA) is 36.6 Å². The van der Waals surface area contributed by atoms with E-state index in [1.165, 1.54) is 6.07 Å². The van der Waals surface area contributed by atoms with Crippen molar-refractivity contribution < 1.29 is 13.9 Å². The lowest BCUT2D eigenvalue weighted by Crippen LogP contribution is -2.28. The van der Waals surface area contributed by atoms with Crippen LogP contribution < -0.4 is 0 Å². The zero-order valence-corrected chi connectivity index (χ0v) is 13.3. The van der Waals surface area contributed by atoms with Crippen LogP contribution in [0.4, 0.5) is 4.39 Å².